The van der Waals surface area contributed by atoms with Crippen LogP contribution in [-0.2, 0) is 0 Å². The molecule has 3 aliphatic rings. The van der Waals surface area contributed by atoms with Gasteiger partial charge >= 0.3 is 0 Å². The summed E-state index contributed by atoms with van der Waals surface area (Å²) in [5, 5.41) is 4.01. The molecule has 3 aliphatic carbocycles. The van der Waals surface area contributed by atoms with Crippen LogP contribution in [0, 0.1) is 0 Å². The van der Waals surface area contributed by atoms with Crippen LogP contribution in [0.5, 0.6) is 0 Å². The van der Waals surface area contributed by atoms with E-state index in [0.29, 0.717) is 29.7 Å². The molecule has 126 valence electrons. The highest BCUT2D eigenvalue weighted by atomic mass is 16.5. The van der Waals surface area contributed by atoms with Crippen molar-refractivity contribution in [3.05, 3.63) is 11.7 Å². The molecule has 0 N–H and O–H groups in total. The molecule has 0 aliphatic heterocycles. The van der Waals surface area contributed by atoms with Gasteiger partial charge in [0, 0.05) is 18.0 Å². The third kappa shape index (κ3) is 3.29. The van der Waals surface area contributed by atoms with Crippen molar-refractivity contribution in [2.75, 3.05) is 0 Å². The smallest absolute Gasteiger partial charge is 0.295 e. The molecule has 0 aromatic carbocycles. The van der Waals surface area contributed by atoms with Crippen molar-refractivity contribution < 1.29 is 9.32 Å². The van der Waals surface area contributed by atoms with Gasteiger partial charge in [-0.05, 0) is 38.5 Å². The molecule has 1 amide bonds. The van der Waals surface area contributed by atoms with E-state index in [0.717, 1.165) is 38.5 Å². The number of rotatable bonds is 4. The molecule has 1 aromatic heterocycles. The molecule has 4 rings (SSSR count). The second-order valence-electron chi connectivity index (χ2n) is 7.53. The third-order valence-electron chi connectivity index (χ3n) is 5.73. The predicted octanol–water partition coefficient (Wildman–Crippen LogP) is 4.05. The predicted molar refractivity (Wildman–Crippen MR) is 86.2 cm³/mol. The molecule has 3 fully saturated rings. The van der Waals surface area contributed by atoms with E-state index in [1.165, 1.54) is 38.5 Å². The molecule has 0 bridgehead atoms. The summed E-state index contributed by atoms with van der Waals surface area (Å²) in [6, 6.07) is 0.754. The van der Waals surface area contributed by atoms with Crippen molar-refractivity contribution in [1.29, 1.82) is 0 Å². The first kappa shape index (κ1) is 15.2. The van der Waals surface area contributed by atoms with E-state index >= 15 is 0 Å². The average molecular weight is 317 g/mol. The van der Waals surface area contributed by atoms with Crippen LogP contribution in [0.25, 0.3) is 0 Å². The number of aromatic nitrogens is 2. The van der Waals surface area contributed by atoms with E-state index in [-0.39, 0.29) is 5.91 Å². The Bertz CT molecular complexity index is 522. The summed E-state index contributed by atoms with van der Waals surface area (Å²) in [6.07, 6.45) is 14.3. The van der Waals surface area contributed by atoms with Gasteiger partial charge in [0.25, 0.3) is 11.7 Å². The van der Waals surface area contributed by atoms with Gasteiger partial charge in [-0.1, -0.05) is 43.7 Å². The van der Waals surface area contributed by atoms with Gasteiger partial charge < -0.3 is 9.42 Å². The SMILES string of the molecule is O=C(c1noc(C2CC2)n1)N(C1CCCCC1)C1CCCCC1. The number of hydrogen-bond acceptors (Lipinski definition) is 4. The number of amides is 1. The quantitative estimate of drug-likeness (QED) is 0.840. The Morgan fingerprint density at radius 3 is 1.96 bits per heavy atom. The molecule has 0 spiro atoms. The zero-order valence-corrected chi connectivity index (χ0v) is 13.9. The second kappa shape index (κ2) is 6.62. The lowest BCUT2D eigenvalue weighted by Crippen LogP contribution is -2.49. The molecule has 0 unspecified atom stereocenters. The normalized spacial score (nSPS) is 23.8. The summed E-state index contributed by atoms with van der Waals surface area (Å²) < 4.78 is 5.33. The summed E-state index contributed by atoms with van der Waals surface area (Å²) in [6.45, 7) is 0. The van der Waals surface area contributed by atoms with Gasteiger partial charge in [0.05, 0.1) is 0 Å². The minimum Gasteiger partial charge on any atom is -0.338 e. The zero-order chi connectivity index (χ0) is 15.6. The fraction of sp³-hybridized carbons (Fsp3) is 0.833. The largest absolute Gasteiger partial charge is 0.338 e. The van der Waals surface area contributed by atoms with Crippen molar-refractivity contribution in [1.82, 2.24) is 15.0 Å². The number of nitrogens with zero attached hydrogens (tertiary/aromatic N) is 3. The zero-order valence-electron chi connectivity index (χ0n) is 13.9. The maximum atomic E-state index is 13.1. The molecule has 0 saturated heterocycles. The lowest BCUT2D eigenvalue weighted by Gasteiger charge is -2.41. The van der Waals surface area contributed by atoms with E-state index in [2.05, 4.69) is 15.0 Å². The van der Waals surface area contributed by atoms with Crippen molar-refractivity contribution in [2.45, 2.75) is 95.1 Å². The van der Waals surface area contributed by atoms with Crippen LogP contribution in [0.15, 0.2) is 4.52 Å². The van der Waals surface area contributed by atoms with Crippen LogP contribution in [0.1, 0.15) is 99.5 Å². The Kier molecular flexibility index (Phi) is 4.36. The lowest BCUT2D eigenvalue weighted by atomic mass is 9.88. The Balaban J connectivity index is 1.55. The van der Waals surface area contributed by atoms with Gasteiger partial charge in [-0.25, -0.2) is 0 Å². The van der Waals surface area contributed by atoms with Gasteiger partial charge in [0.15, 0.2) is 0 Å². The summed E-state index contributed by atoms with van der Waals surface area (Å²) in [5.74, 6) is 1.38. The highest BCUT2D eigenvalue weighted by Crippen LogP contribution is 2.39. The van der Waals surface area contributed by atoms with Crippen LogP contribution in [0.3, 0.4) is 0 Å². The standard InChI is InChI=1S/C18H27N3O2/c22-18(16-19-17(23-20-16)13-11-12-13)21(14-7-3-1-4-8-14)15-9-5-2-6-10-15/h13-15H,1-12H2. The molecule has 5 nitrogen and oxygen atoms in total. The first-order valence-electron chi connectivity index (χ1n) is 9.49. The van der Waals surface area contributed by atoms with Gasteiger partial charge in [0.1, 0.15) is 0 Å². The molecule has 5 heteroatoms. The minimum atomic E-state index is 0.0134. The van der Waals surface area contributed by atoms with Crippen LogP contribution in [0.2, 0.25) is 0 Å². The van der Waals surface area contributed by atoms with E-state index in [1.54, 1.807) is 0 Å². The van der Waals surface area contributed by atoms with E-state index in [1.807, 2.05) is 0 Å². The topological polar surface area (TPSA) is 59.2 Å². The molecule has 1 aromatic rings. The molecule has 23 heavy (non-hydrogen) atoms. The van der Waals surface area contributed by atoms with Crippen LogP contribution in [0.4, 0.5) is 0 Å². The molecule has 0 atom stereocenters. The van der Waals surface area contributed by atoms with E-state index < -0.39 is 0 Å². The van der Waals surface area contributed by atoms with Gasteiger partial charge in [0.2, 0.25) is 5.89 Å². The molecule has 0 radical (unpaired) electrons. The van der Waals surface area contributed by atoms with Gasteiger partial charge in [-0.3, -0.25) is 4.79 Å². The highest BCUT2D eigenvalue weighted by molar-refractivity contribution is 5.90. The van der Waals surface area contributed by atoms with Crippen molar-refractivity contribution in [3.8, 4) is 0 Å². The van der Waals surface area contributed by atoms with Crippen LogP contribution >= 0.6 is 0 Å². The summed E-state index contributed by atoms with van der Waals surface area (Å²) in [5.41, 5.74) is 0. The van der Waals surface area contributed by atoms with E-state index in [9.17, 15) is 4.79 Å². The summed E-state index contributed by atoms with van der Waals surface area (Å²) in [7, 11) is 0. The Morgan fingerprint density at radius 1 is 0.870 bits per heavy atom. The lowest BCUT2D eigenvalue weighted by molar-refractivity contribution is 0.0433. The number of hydrogen-bond donors (Lipinski definition) is 0. The maximum Gasteiger partial charge on any atom is 0.295 e. The maximum absolute atomic E-state index is 13.1. The van der Waals surface area contributed by atoms with E-state index in [4.69, 9.17) is 4.52 Å². The summed E-state index contributed by atoms with van der Waals surface area (Å²) in [4.78, 5) is 19.7. The monoisotopic (exact) mass is 317 g/mol. The Hall–Kier alpha value is -1.39. The average Bonchev–Trinajstić information content (AvgIpc) is 3.34. The van der Waals surface area contributed by atoms with Gasteiger partial charge in [-0.15, -0.1) is 0 Å². The third-order valence-corrected chi connectivity index (χ3v) is 5.73. The minimum absolute atomic E-state index is 0.0134. The molecule has 1 heterocycles. The number of carbonyl (C=O) groups is 1. The highest BCUT2D eigenvalue weighted by Gasteiger charge is 2.36. The van der Waals surface area contributed by atoms with Crippen molar-refractivity contribution in [2.24, 2.45) is 0 Å². The van der Waals surface area contributed by atoms with Gasteiger partial charge in [-0.2, -0.15) is 4.98 Å². The first-order valence-corrected chi connectivity index (χ1v) is 9.49. The first-order chi connectivity index (χ1) is 11.3. The summed E-state index contributed by atoms with van der Waals surface area (Å²) >= 11 is 0. The molecular weight excluding hydrogens is 290 g/mol. The molecular formula is C18H27N3O2. The second-order valence-corrected chi connectivity index (χ2v) is 7.53. The number of carbonyl (C=O) groups excluding carboxylic acids is 1. The van der Waals surface area contributed by atoms with Crippen LogP contribution < -0.4 is 0 Å². The van der Waals surface area contributed by atoms with Crippen molar-refractivity contribution >= 4 is 5.91 Å². The fourth-order valence-electron chi connectivity index (χ4n) is 4.28. The van der Waals surface area contributed by atoms with Crippen molar-refractivity contribution in [3.63, 3.8) is 0 Å². The Labute approximate surface area is 137 Å². The fourth-order valence-corrected chi connectivity index (χ4v) is 4.28. The molecule has 3 saturated carbocycles. The Morgan fingerprint density at radius 2 is 1.43 bits per heavy atom. The van der Waals surface area contributed by atoms with Crippen LogP contribution in [-0.4, -0.2) is 33.0 Å².